The first-order chi connectivity index (χ1) is 18.3. The third-order valence-corrected chi connectivity index (χ3v) is 6.35. The van der Waals surface area contributed by atoms with E-state index in [2.05, 4.69) is 20.6 Å². The third kappa shape index (κ3) is 6.43. The van der Waals surface area contributed by atoms with Gasteiger partial charge < -0.3 is 14.8 Å². The number of carbonyl (C=O) groups is 1. The molecule has 4 rings (SSSR count). The van der Waals surface area contributed by atoms with E-state index in [9.17, 15) is 22.4 Å². The van der Waals surface area contributed by atoms with Crippen LogP contribution in [0.2, 0.25) is 0 Å². The lowest BCUT2D eigenvalue weighted by Gasteiger charge is -2.21. The zero-order valence-electron chi connectivity index (χ0n) is 21.0. The zero-order valence-corrected chi connectivity index (χ0v) is 21.0. The van der Waals surface area contributed by atoms with Gasteiger partial charge >= 0.3 is 6.03 Å². The van der Waals surface area contributed by atoms with E-state index in [-0.39, 0.29) is 17.6 Å². The van der Waals surface area contributed by atoms with Crippen molar-refractivity contribution in [2.24, 2.45) is 0 Å². The van der Waals surface area contributed by atoms with Crippen molar-refractivity contribution in [3.8, 4) is 11.6 Å². The average molecular weight is 536 g/mol. The summed E-state index contributed by atoms with van der Waals surface area (Å²) in [5.41, 5.74) is 1.52. The zero-order chi connectivity index (χ0) is 27.2. The summed E-state index contributed by atoms with van der Waals surface area (Å²) in [6.07, 6.45) is -2.69. The molecule has 0 unspecified atom stereocenters. The number of hydrogen-bond donors (Lipinski definition) is 2. The van der Waals surface area contributed by atoms with Crippen molar-refractivity contribution in [1.82, 2.24) is 20.0 Å². The minimum Gasteiger partial charge on any atom is -0.470 e. The number of para-hydroxylation sites is 1. The molecule has 0 saturated carbocycles. The molecule has 38 heavy (non-hydrogen) atoms. The van der Waals surface area contributed by atoms with E-state index < -0.39 is 36.7 Å². The molecular weight excluding hydrogens is 506 g/mol. The van der Waals surface area contributed by atoms with Crippen LogP contribution in [0.1, 0.15) is 17.0 Å². The average Bonchev–Trinajstić information content (AvgIpc) is 3.44. The van der Waals surface area contributed by atoms with Crippen molar-refractivity contribution < 1.29 is 31.8 Å². The number of methoxy groups -OCH3 is 1. The number of likely N-dealkylation sites (tertiary alicyclic amines) is 1. The second kappa shape index (κ2) is 12.3. The van der Waals surface area contributed by atoms with Crippen molar-refractivity contribution in [2.45, 2.75) is 25.3 Å². The number of nitrogens with zero attached hydrogens (tertiary/aromatic N) is 3. The van der Waals surface area contributed by atoms with E-state index >= 15 is 0 Å². The van der Waals surface area contributed by atoms with Crippen LogP contribution in [-0.4, -0.2) is 73.1 Å². The number of urea groups is 1. The first-order valence-electron chi connectivity index (χ1n) is 12.1. The standard InChI is InChI=1S/C26H29F4N5O3/c1-16-24(35(18-6-4-3-5-7-18)33-25(16)38-15-23(29)30)32-26(36)31-22-14-34(10-11-37-2)13-19(22)17-8-9-20(27)21(28)12-17/h3-9,12,19,22-23H,10-11,13-15H2,1-2H3,(H2,31,32,36)/t19-,22+/m0/s1. The molecule has 2 atom stereocenters. The van der Waals surface area contributed by atoms with Gasteiger partial charge in [0.2, 0.25) is 5.88 Å². The Morgan fingerprint density at radius 3 is 2.58 bits per heavy atom. The number of halogens is 4. The Morgan fingerprint density at radius 1 is 1.13 bits per heavy atom. The highest BCUT2D eigenvalue weighted by molar-refractivity contribution is 5.90. The first kappa shape index (κ1) is 27.4. The summed E-state index contributed by atoms with van der Waals surface area (Å²) in [7, 11) is 1.59. The molecule has 2 amide bonds. The van der Waals surface area contributed by atoms with Crippen LogP contribution in [0.4, 0.5) is 28.2 Å². The molecule has 1 fully saturated rings. The molecule has 0 radical (unpaired) electrons. The number of carbonyl (C=O) groups excluding carboxylic acids is 1. The molecule has 8 nitrogen and oxygen atoms in total. The van der Waals surface area contributed by atoms with E-state index in [4.69, 9.17) is 9.47 Å². The maximum absolute atomic E-state index is 14.0. The van der Waals surface area contributed by atoms with Gasteiger partial charge in [0, 0.05) is 32.7 Å². The minimum absolute atomic E-state index is 0.0317. The highest BCUT2D eigenvalue weighted by atomic mass is 19.3. The number of rotatable bonds is 10. The number of hydrogen-bond acceptors (Lipinski definition) is 5. The Hall–Kier alpha value is -3.64. The van der Waals surface area contributed by atoms with E-state index in [0.717, 1.165) is 12.1 Å². The maximum Gasteiger partial charge on any atom is 0.320 e. The first-order valence-corrected chi connectivity index (χ1v) is 12.1. The van der Waals surface area contributed by atoms with Gasteiger partial charge in [0.05, 0.1) is 23.9 Å². The van der Waals surface area contributed by atoms with Crippen molar-refractivity contribution in [3.63, 3.8) is 0 Å². The van der Waals surface area contributed by atoms with E-state index in [0.29, 0.717) is 43.1 Å². The molecule has 2 heterocycles. The number of amides is 2. The van der Waals surface area contributed by atoms with Gasteiger partial charge in [-0.2, -0.15) is 0 Å². The Balaban J connectivity index is 1.56. The quantitative estimate of drug-likeness (QED) is 0.378. The van der Waals surface area contributed by atoms with Gasteiger partial charge in [-0.3, -0.25) is 10.2 Å². The topological polar surface area (TPSA) is 80.7 Å². The third-order valence-electron chi connectivity index (χ3n) is 6.35. The molecule has 1 aliphatic heterocycles. The molecule has 2 aromatic carbocycles. The van der Waals surface area contributed by atoms with Gasteiger partial charge in [-0.05, 0) is 36.8 Å². The number of aromatic nitrogens is 2. The summed E-state index contributed by atoms with van der Waals surface area (Å²) >= 11 is 0. The normalized spacial score (nSPS) is 17.7. The molecule has 3 aromatic rings. The Morgan fingerprint density at radius 2 is 1.89 bits per heavy atom. The second-order valence-corrected chi connectivity index (χ2v) is 8.97. The summed E-state index contributed by atoms with van der Waals surface area (Å²) in [4.78, 5) is 15.3. The van der Waals surface area contributed by atoms with Gasteiger partial charge in [-0.25, -0.2) is 27.0 Å². The number of ether oxygens (including phenoxy) is 2. The second-order valence-electron chi connectivity index (χ2n) is 8.97. The molecule has 204 valence electrons. The molecule has 1 saturated heterocycles. The monoisotopic (exact) mass is 535 g/mol. The van der Waals surface area contributed by atoms with Crippen LogP contribution in [0.5, 0.6) is 5.88 Å². The Labute approximate surface area is 217 Å². The van der Waals surface area contributed by atoms with Crippen LogP contribution < -0.4 is 15.4 Å². The molecule has 12 heteroatoms. The molecule has 2 N–H and O–H groups in total. The van der Waals surface area contributed by atoms with Gasteiger partial charge in [0.25, 0.3) is 6.43 Å². The highest BCUT2D eigenvalue weighted by Gasteiger charge is 2.35. The van der Waals surface area contributed by atoms with Crippen molar-refractivity contribution in [3.05, 3.63) is 71.3 Å². The minimum atomic E-state index is -2.69. The Kier molecular flexibility index (Phi) is 8.85. The van der Waals surface area contributed by atoms with Gasteiger partial charge in [0.1, 0.15) is 5.82 Å². The van der Waals surface area contributed by atoms with Crippen molar-refractivity contribution in [2.75, 3.05) is 45.3 Å². The molecule has 1 aromatic heterocycles. The summed E-state index contributed by atoms with van der Waals surface area (Å²) in [5, 5.41) is 9.98. The predicted octanol–water partition coefficient (Wildman–Crippen LogP) is 4.34. The van der Waals surface area contributed by atoms with Crippen LogP contribution in [0, 0.1) is 18.6 Å². The summed E-state index contributed by atoms with van der Waals surface area (Å²) < 4.78 is 64.8. The molecule has 0 bridgehead atoms. The fourth-order valence-electron chi connectivity index (χ4n) is 4.49. The fraction of sp³-hybridized carbons (Fsp3) is 0.385. The van der Waals surface area contributed by atoms with Gasteiger partial charge in [-0.1, -0.05) is 24.3 Å². The largest absolute Gasteiger partial charge is 0.470 e. The highest BCUT2D eigenvalue weighted by Crippen LogP contribution is 2.31. The lowest BCUT2D eigenvalue weighted by atomic mass is 9.94. The number of anilines is 1. The van der Waals surface area contributed by atoms with Crippen LogP contribution in [0.15, 0.2) is 48.5 Å². The van der Waals surface area contributed by atoms with Crippen LogP contribution in [0.3, 0.4) is 0 Å². The van der Waals surface area contributed by atoms with Gasteiger partial charge in [-0.15, -0.1) is 5.10 Å². The van der Waals surface area contributed by atoms with Crippen molar-refractivity contribution >= 4 is 11.8 Å². The lowest BCUT2D eigenvalue weighted by molar-refractivity contribution is 0.0790. The summed E-state index contributed by atoms with van der Waals surface area (Å²) in [5.74, 6) is -2.00. The number of nitrogens with one attached hydrogen (secondary N) is 2. The molecule has 1 aliphatic rings. The van der Waals surface area contributed by atoms with Crippen molar-refractivity contribution in [1.29, 1.82) is 0 Å². The lowest BCUT2D eigenvalue weighted by Crippen LogP contribution is -2.42. The molecule has 0 spiro atoms. The van der Waals surface area contributed by atoms with Crippen LogP contribution >= 0.6 is 0 Å². The number of alkyl halides is 2. The van der Waals surface area contributed by atoms with Crippen LogP contribution in [0.25, 0.3) is 5.69 Å². The van der Waals surface area contributed by atoms with Crippen LogP contribution in [-0.2, 0) is 4.74 Å². The number of benzene rings is 2. The molecule has 0 aliphatic carbocycles. The Bertz CT molecular complexity index is 1240. The summed E-state index contributed by atoms with van der Waals surface area (Å²) in [6.45, 7) is 2.80. The van der Waals surface area contributed by atoms with E-state index in [1.54, 1.807) is 38.3 Å². The van der Waals surface area contributed by atoms with Gasteiger partial charge in [0.15, 0.2) is 18.2 Å². The maximum atomic E-state index is 14.0. The smallest absolute Gasteiger partial charge is 0.320 e. The van der Waals surface area contributed by atoms with E-state index in [1.807, 2.05) is 6.07 Å². The fourth-order valence-corrected chi connectivity index (χ4v) is 4.49. The molecular formula is C26H29F4N5O3. The summed E-state index contributed by atoms with van der Waals surface area (Å²) in [6, 6.07) is 11.6. The SMILES string of the molecule is COCCN1C[C@@H](NC(=O)Nc2c(C)c(OCC(F)F)nn2-c2ccccc2)[C@H](c2ccc(F)c(F)c2)C1. The predicted molar refractivity (Wildman–Crippen MR) is 133 cm³/mol. The van der Waals surface area contributed by atoms with E-state index in [1.165, 1.54) is 10.7 Å².